The molecule has 0 spiro atoms. The highest BCUT2D eigenvalue weighted by Gasteiger charge is 2.33. The SMILES string of the molecule is CCOC(=O)C1=C(C)N=c2s/c(=C/c3ccc(OCC(N)=O)c(OC)c3)c(=O)n2[C@H]1c1cccs1. The van der Waals surface area contributed by atoms with Crippen molar-refractivity contribution in [2.75, 3.05) is 20.3 Å². The Balaban J connectivity index is 1.82. The van der Waals surface area contributed by atoms with E-state index in [1.807, 2.05) is 17.5 Å². The van der Waals surface area contributed by atoms with E-state index in [1.54, 1.807) is 42.7 Å². The Morgan fingerprint density at radius 2 is 2.06 bits per heavy atom. The number of rotatable bonds is 8. The first-order valence-electron chi connectivity index (χ1n) is 10.7. The molecule has 1 atom stereocenters. The van der Waals surface area contributed by atoms with E-state index in [-0.39, 0.29) is 18.8 Å². The fraction of sp³-hybridized carbons (Fsp3) is 0.250. The van der Waals surface area contributed by atoms with Crippen LogP contribution in [0.1, 0.15) is 30.3 Å². The summed E-state index contributed by atoms with van der Waals surface area (Å²) in [7, 11) is 1.48. The number of thiazole rings is 1. The highest BCUT2D eigenvalue weighted by molar-refractivity contribution is 7.10. The molecule has 182 valence electrons. The number of amides is 1. The van der Waals surface area contributed by atoms with Gasteiger partial charge in [0.1, 0.15) is 6.04 Å². The maximum absolute atomic E-state index is 13.6. The molecular formula is C24H23N3O6S2. The number of primary amides is 1. The maximum atomic E-state index is 13.6. The number of carbonyl (C=O) groups is 2. The summed E-state index contributed by atoms with van der Waals surface area (Å²) in [5.74, 6) is -0.338. The third kappa shape index (κ3) is 4.91. The Morgan fingerprint density at radius 3 is 2.71 bits per heavy atom. The number of nitrogens with zero attached hydrogens (tertiary/aromatic N) is 2. The predicted molar refractivity (Wildman–Crippen MR) is 132 cm³/mol. The summed E-state index contributed by atoms with van der Waals surface area (Å²) in [5, 5.41) is 1.90. The van der Waals surface area contributed by atoms with Crippen molar-refractivity contribution in [1.82, 2.24) is 4.57 Å². The lowest BCUT2D eigenvalue weighted by Crippen LogP contribution is -2.39. The van der Waals surface area contributed by atoms with Crippen molar-refractivity contribution in [3.05, 3.63) is 77.1 Å². The van der Waals surface area contributed by atoms with Crippen LogP contribution >= 0.6 is 22.7 Å². The quantitative estimate of drug-likeness (QED) is 0.458. The average Bonchev–Trinajstić information content (AvgIpc) is 3.46. The van der Waals surface area contributed by atoms with Crippen LogP contribution in [0, 0.1) is 0 Å². The lowest BCUT2D eigenvalue weighted by molar-refractivity contribution is -0.139. The Labute approximate surface area is 208 Å². The van der Waals surface area contributed by atoms with Crippen molar-refractivity contribution in [3.8, 4) is 11.5 Å². The monoisotopic (exact) mass is 513 g/mol. The van der Waals surface area contributed by atoms with E-state index < -0.39 is 17.9 Å². The molecule has 3 heterocycles. The zero-order chi connectivity index (χ0) is 25.1. The number of hydrogen-bond acceptors (Lipinski definition) is 9. The molecule has 0 bridgehead atoms. The molecule has 35 heavy (non-hydrogen) atoms. The van der Waals surface area contributed by atoms with E-state index in [1.165, 1.54) is 29.8 Å². The van der Waals surface area contributed by atoms with Crippen molar-refractivity contribution >= 4 is 40.6 Å². The van der Waals surface area contributed by atoms with Gasteiger partial charge >= 0.3 is 5.97 Å². The minimum absolute atomic E-state index is 0.220. The van der Waals surface area contributed by atoms with Gasteiger partial charge in [-0.05, 0) is 49.1 Å². The average molecular weight is 514 g/mol. The number of ether oxygens (including phenoxy) is 3. The number of allylic oxidation sites excluding steroid dienone is 1. The van der Waals surface area contributed by atoms with Crippen LogP contribution in [0.15, 0.2) is 56.8 Å². The number of methoxy groups -OCH3 is 1. The van der Waals surface area contributed by atoms with E-state index in [4.69, 9.17) is 19.9 Å². The first-order chi connectivity index (χ1) is 16.8. The van der Waals surface area contributed by atoms with Crippen LogP contribution in [0.5, 0.6) is 11.5 Å². The van der Waals surface area contributed by atoms with E-state index >= 15 is 0 Å². The standard InChI is InChI=1S/C24H23N3O6S2/c1-4-32-23(30)20-13(2)26-24-27(21(20)17-6-5-9-34-17)22(29)18(35-24)11-14-7-8-15(16(10-14)31-3)33-12-19(25)28/h5-11,21H,4,12H2,1-3H3,(H2,25,28)/b18-11+/t21-/m0/s1. The highest BCUT2D eigenvalue weighted by atomic mass is 32.1. The molecule has 3 aromatic rings. The Kier molecular flexibility index (Phi) is 7.17. The van der Waals surface area contributed by atoms with Gasteiger partial charge in [0.05, 0.1) is 29.5 Å². The van der Waals surface area contributed by atoms with Gasteiger partial charge in [0.15, 0.2) is 22.9 Å². The number of thiophene rings is 1. The van der Waals surface area contributed by atoms with Crippen LogP contribution in [0.2, 0.25) is 0 Å². The summed E-state index contributed by atoms with van der Waals surface area (Å²) >= 11 is 2.69. The van der Waals surface area contributed by atoms with Crippen LogP contribution in [0.4, 0.5) is 0 Å². The number of hydrogen-bond donors (Lipinski definition) is 1. The fourth-order valence-electron chi connectivity index (χ4n) is 3.70. The fourth-order valence-corrected chi connectivity index (χ4v) is 5.57. The van der Waals surface area contributed by atoms with Crippen LogP contribution < -0.4 is 30.1 Å². The van der Waals surface area contributed by atoms with E-state index in [2.05, 4.69) is 4.99 Å². The van der Waals surface area contributed by atoms with Gasteiger partial charge in [-0.15, -0.1) is 11.3 Å². The molecule has 1 aliphatic heterocycles. The number of benzene rings is 1. The second kappa shape index (κ2) is 10.3. The predicted octanol–water partition coefficient (Wildman–Crippen LogP) is 1.73. The Bertz CT molecular complexity index is 1480. The van der Waals surface area contributed by atoms with Gasteiger partial charge < -0.3 is 19.9 Å². The van der Waals surface area contributed by atoms with Crippen molar-refractivity contribution in [1.29, 1.82) is 0 Å². The molecule has 2 N–H and O–H groups in total. The Morgan fingerprint density at radius 1 is 1.26 bits per heavy atom. The number of esters is 1. The van der Waals surface area contributed by atoms with Crippen molar-refractivity contribution < 1.29 is 23.8 Å². The van der Waals surface area contributed by atoms with Gasteiger partial charge in [-0.25, -0.2) is 9.79 Å². The molecule has 1 aromatic carbocycles. The van der Waals surface area contributed by atoms with Gasteiger partial charge in [-0.3, -0.25) is 14.2 Å². The molecule has 1 amide bonds. The zero-order valence-corrected chi connectivity index (χ0v) is 20.9. The van der Waals surface area contributed by atoms with E-state index in [0.29, 0.717) is 37.7 Å². The molecule has 0 unspecified atom stereocenters. The van der Waals surface area contributed by atoms with Crippen LogP contribution in [-0.4, -0.2) is 36.8 Å². The summed E-state index contributed by atoms with van der Waals surface area (Å²) in [4.78, 5) is 43.3. The molecule has 0 radical (unpaired) electrons. The second-order valence-electron chi connectivity index (χ2n) is 7.48. The Hall–Kier alpha value is -3.70. The largest absolute Gasteiger partial charge is 0.493 e. The van der Waals surface area contributed by atoms with Gasteiger partial charge in [-0.1, -0.05) is 23.5 Å². The van der Waals surface area contributed by atoms with Crippen LogP contribution in [0.3, 0.4) is 0 Å². The minimum Gasteiger partial charge on any atom is -0.493 e. The lowest BCUT2D eigenvalue weighted by atomic mass is 10.0. The first-order valence-corrected chi connectivity index (χ1v) is 12.4. The molecule has 11 heteroatoms. The molecule has 9 nitrogen and oxygen atoms in total. The lowest BCUT2D eigenvalue weighted by Gasteiger charge is -2.23. The van der Waals surface area contributed by atoms with Crippen LogP contribution in [-0.2, 0) is 14.3 Å². The molecule has 4 rings (SSSR count). The molecule has 1 aliphatic rings. The molecule has 0 aliphatic carbocycles. The molecule has 0 saturated carbocycles. The maximum Gasteiger partial charge on any atom is 0.338 e. The van der Waals surface area contributed by atoms with Crippen molar-refractivity contribution in [2.45, 2.75) is 19.9 Å². The van der Waals surface area contributed by atoms with E-state index in [0.717, 1.165) is 4.88 Å². The summed E-state index contributed by atoms with van der Waals surface area (Å²) < 4.78 is 18.0. The van der Waals surface area contributed by atoms with Gasteiger partial charge in [0.25, 0.3) is 11.5 Å². The summed E-state index contributed by atoms with van der Waals surface area (Å²) in [5.41, 5.74) is 6.43. The molecule has 2 aromatic heterocycles. The summed E-state index contributed by atoms with van der Waals surface area (Å²) in [6, 6.07) is 8.22. The number of nitrogens with two attached hydrogens (primary N) is 1. The topological polar surface area (TPSA) is 122 Å². The smallest absolute Gasteiger partial charge is 0.338 e. The second-order valence-corrected chi connectivity index (χ2v) is 9.47. The molecule has 0 fully saturated rings. The molecular weight excluding hydrogens is 490 g/mol. The summed E-state index contributed by atoms with van der Waals surface area (Å²) in [6.45, 7) is 3.43. The number of aromatic nitrogens is 1. The molecule has 0 saturated heterocycles. The number of carbonyl (C=O) groups excluding carboxylic acids is 2. The minimum atomic E-state index is -0.619. The van der Waals surface area contributed by atoms with Gasteiger partial charge in [-0.2, -0.15) is 0 Å². The van der Waals surface area contributed by atoms with Gasteiger partial charge in [0.2, 0.25) is 0 Å². The van der Waals surface area contributed by atoms with Crippen molar-refractivity contribution in [3.63, 3.8) is 0 Å². The van der Waals surface area contributed by atoms with Crippen molar-refractivity contribution in [2.24, 2.45) is 10.7 Å². The normalized spacial score (nSPS) is 15.4. The zero-order valence-electron chi connectivity index (χ0n) is 19.3. The first kappa shape index (κ1) is 24.4. The number of fused-ring (bicyclic) bond motifs is 1. The summed E-state index contributed by atoms with van der Waals surface area (Å²) in [6.07, 6.45) is 1.72. The third-order valence-electron chi connectivity index (χ3n) is 5.19. The van der Waals surface area contributed by atoms with Gasteiger partial charge in [0, 0.05) is 4.88 Å². The van der Waals surface area contributed by atoms with Crippen LogP contribution in [0.25, 0.3) is 6.08 Å². The van der Waals surface area contributed by atoms with E-state index in [9.17, 15) is 14.4 Å². The third-order valence-corrected chi connectivity index (χ3v) is 7.09. The highest BCUT2D eigenvalue weighted by Crippen LogP contribution is 2.33.